The predicted octanol–water partition coefficient (Wildman–Crippen LogP) is 5.00. The molecule has 38 heavy (non-hydrogen) atoms. The number of sulfonamides is 1. The van der Waals surface area contributed by atoms with Gasteiger partial charge < -0.3 is 24.6 Å². The fourth-order valence-electron chi connectivity index (χ4n) is 4.42. The van der Waals surface area contributed by atoms with Gasteiger partial charge in [0.2, 0.25) is 15.9 Å². The van der Waals surface area contributed by atoms with Crippen molar-refractivity contribution in [2.75, 3.05) is 22.9 Å². The Morgan fingerprint density at radius 1 is 1.18 bits per heavy atom. The molecule has 204 valence electrons. The molecular weight excluding hydrogens is 551 g/mol. The maximum Gasteiger partial charge on any atom is 0.348 e. The molecule has 0 bridgehead atoms. The van der Waals surface area contributed by atoms with E-state index in [1.165, 1.54) is 18.2 Å². The molecular formula is C25H30ClN4O6PS. The summed E-state index contributed by atoms with van der Waals surface area (Å²) < 4.78 is 51.3. The molecule has 1 aliphatic rings. The molecule has 10 nitrogen and oxygen atoms in total. The van der Waals surface area contributed by atoms with Crippen LogP contribution in [0.3, 0.4) is 0 Å². The monoisotopic (exact) mass is 580 g/mol. The first-order chi connectivity index (χ1) is 17.6. The average molecular weight is 581 g/mol. The van der Waals surface area contributed by atoms with Crippen LogP contribution in [-0.4, -0.2) is 41.9 Å². The van der Waals surface area contributed by atoms with Crippen molar-refractivity contribution in [3.05, 3.63) is 64.3 Å². The van der Waals surface area contributed by atoms with E-state index < -0.39 is 23.0 Å². The molecule has 1 unspecified atom stereocenters. The molecule has 0 aliphatic carbocycles. The SMILES string of the molecule is CCOP1(=O)N=C(c2c(O)c(C(C)(C)C)n(Cc3cccc(Cl)c3)c2O)Nc2ccc(NS(C)(=O)=O)cc21. The fraction of sp³-hybridized carbons (Fsp3) is 0.320. The highest BCUT2D eigenvalue weighted by molar-refractivity contribution is 7.92. The van der Waals surface area contributed by atoms with E-state index in [0.717, 1.165) is 11.8 Å². The van der Waals surface area contributed by atoms with Crippen LogP contribution in [0.4, 0.5) is 11.4 Å². The van der Waals surface area contributed by atoms with E-state index >= 15 is 0 Å². The van der Waals surface area contributed by atoms with Crippen molar-refractivity contribution in [2.45, 2.75) is 39.7 Å². The molecule has 1 aromatic heterocycles. The van der Waals surface area contributed by atoms with Crippen molar-refractivity contribution >= 4 is 51.7 Å². The molecule has 0 amide bonds. The summed E-state index contributed by atoms with van der Waals surface area (Å²) in [6, 6.07) is 11.6. The summed E-state index contributed by atoms with van der Waals surface area (Å²) in [6.45, 7) is 7.60. The first kappa shape index (κ1) is 28.0. The summed E-state index contributed by atoms with van der Waals surface area (Å²) in [6.07, 6.45) is 1.01. The topological polar surface area (TPSA) is 142 Å². The van der Waals surface area contributed by atoms with Gasteiger partial charge in [-0.25, -0.2) is 8.42 Å². The number of nitrogens with zero attached hydrogens (tertiary/aromatic N) is 2. The number of benzene rings is 2. The Labute approximate surface area is 226 Å². The molecule has 0 fully saturated rings. The lowest BCUT2D eigenvalue weighted by Crippen LogP contribution is -2.26. The van der Waals surface area contributed by atoms with Crippen molar-refractivity contribution < 1.29 is 27.7 Å². The quantitative estimate of drug-likeness (QED) is 0.288. The summed E-state index contributed by atoms with van der Waals surface area (Å²) in [5, 5.41) is 26.5. The molecule has 4 rings (SSSR count). The first-order valence-corrected chi connectivity index (χ1v) is 15.6. The third-order valence-electron chi connectivity index (χ3n) is 5.78. The zero-order valence-corrected chi connectivity index (χ0v) is 24.1. The molecule has 4 N–H and O–H groups in total. The number of nitrogens with one attached hydrogen (secondary N) is 2. The molecule has 0 radical (unpaired) electrons. The van der Waals surface area contributed by atoms with Gasteiger partial charge in [0, 0.05) is 16.1 Å². The maximum absolute atomic E-state index is 14.0. The minimum Gasteiger partial charge on any atom is -0.505 e. The van der Waals surface area contributed by atoms with Gasteiger partial charge in [-0.05, 0) is 42.8 Å². The van der Waals surface area contributed by atoms with Crippen LogP contribution >= 0.6 is 19.1 Å². The van der Waals surface area contributed by atoms with Crippen molar-refractivity contribution in [1.29, 1.82) is 0 Å². The molecule has 2 aromatic carbocycles. The summed E-state index contributed by atoms with van der Waals surface area (Å²) in [5.74, 6) is -0.533. The molecule has 0 saturated carbocycles. The Morgan fingerprint density at radius 2 is 1.89 bits per heavy atom. The average Bonchev–Trinajstić information content (AvgIpc) is 3.02. The third-order valence-corrected chi connectivity index (χ3v) is 8.67. The van der Waals surface area contributed by atoms with Crippen LogP contribution in [0, 0.1) is 0 Å². The fourth-order valence-corrected chi connectivity index (χ4v) is 6.99. The predicted molar refractivity (Wildman–Crippen MR) is 151 cm³/mol. The van der Waals surface area contributed by atoms with E-state index in [1.54, 1.807) is 29.7 Å². The number of fused-ring (bicyclic) bond motifs is 1. The maximum atomic E-state index is 14.0. The van der Waals surface area contributed by atoms with Crippen LogP contribution in [0.25, 0.3) is 0 Å². The Kier molecular flexibility index (Phi) is 7.35. The van der Waals surface area contributed by atoms with E-state index in [9.17, 15) is 23.2 Å². The van der Waals surface area contributed by atoms with E-state index in [0.29, 0.717) is 16.4 Å². The van der Waals surface area contributed by atoms with Gasteiger partial charge in [-0.2, -0.15) is 4.76 Å². The smallest absolute Gasteiger partial charge is 0.348 e. The zero-order chi connectivity index (χ0) is 28.0. The lowest BCUT2D eigenvalue weighted by molar-refractivity contribution is 0.341. The van der Waals surface area contributed by atoms with Crippen LogP contribution in [0.1, 0.15) is 44.5 Å². The first-order valence-electron chi connectivity index (χ1n) is 11.8. The minimum atomic E-state index is -3.93. The molecule has 13 heteroatoms. The van der Waals surface area contributed by atoms with Crippen molar-refractivity contribution in [3.63, 3.8) is 0 Å². The van der Waals surface area contributed by atoms with Gasteiger partial charge in [-0.1, -0.05) is 44.5 Å². The number of halogens is 1. The van der Waals surface area contributed by atoms with Gasteiger partial charge in [-0.15, -0.1) is 0 Å². The second-order valence-corrected chi connectivity index (χ2v) is 14.1. The summed E-state index contributed by atoms with van der Waals surface area (Å²) in [5.41, 5.74) is 1.15. The van der Waals surface area contributed by atoms with Gasteiger partial charge in [-0.3, -0.25) is 9.29 Å². The number of amidine groups is 1. The number of aromatic nitrogens is 1. The Balaban J connectivity index is 1.88. The Morgan fingerprint density at radius 3 is 2.50 bits per heavy atom. The van der Waals surface area contributed by atoms with Crippen LogP contribution in [0.2, 0.25) is 5.02 Å². The standard InChI is InChI=1S/C25H30ClN4O6PS/c1-6-36-37(33)19-13-17(29-38(5,34)35)10-11-18(19)27-23(28-37)20-21(31)22(25(2,3)4)30(24(20)32)14-15-8-7-9-16(26)12-15/h7-13,29,31-32H,6,14H2,1-5H3,(H,27,28,33). The molecule has 2 heterocycles. The number of rotatable bonds is 7. The van der Waals surface area contributed by atoms with Crippen molar-refractivity contribution in [1.82, 2.24) is 4.57 Å². The molecule has 1 aliphatic heterocycles. The van der Waals surface area contributed by atoms with Crippen molar-refractivity contribution in [3.8, 4) is 11.6 Å². The van der Waals surface area contributed by atoms with E-state index in [4.69, 9.17) is 16.1 Å². The highest BCUT2D eigenvalue weighted by Gasteiger charge is 2.38. The van der Waals surface area contributed by atoms with Gasteiger partial charge in [0.05, 0.1) is 36.1 Å². The highest BCUT2D eigenvalue weighted by Crippen LogP contribution is 2.54. The van der Waals surface area contributed by atoms with Crippen LogP contribution in [0.15, 0.2) is 47.2 Å². The van der Waals surface area contributed by atoms with Gasteiger partial charge in [0.15, 0.2) is 11.6 Å². The van der Waals surface area contributed by atoms with Crippen LogP contribution in [-0.2, 0) is 31.1 Å². The number of hydrogen-bond acceptors (Lipinski definition) is 7. The normalized spacial score (nSPS) is 17.5. The lowest BCUT2D eigenvalue weighted by Gasteiger charge is -2.25. The molecule has 1 atom stereocenters. The van der Waals surface area contributed by atoms with Crippen molar-refractivity contribution in [2.24, 2.45) is 4.76 Å². The molecule has 0 saturated heterocycles. The van der Waals surface area contributed by atoms with Gasteiger partial charge in [0.25, 0.3) is 0 Å². The summed E-state index contributed by atoms with van der Waals surface area (Å²) >= 11 is 6.16. The lowest BCUT2D eigenvalue weighted by atomic mass is 9.91. The Hall–Kier alpha value is -2.98. The number of hydrogen-bond donors (Lipinski definition) is 4. The summed E-state index contributed by atoms with van der Waals surface area (Å²) in [7, 11) is -7.51. The zero-order valence-electron chi connectivity index (χ0n) is 21.6. The van der Waals surface area contributed by atoms with Gasteiger partial charge >= 0.3 is 7.52 Å². The van der Waals surface area contributed by atoms with Crippen LogP contribution in [0.5, 0.6) is 11.6 Å². The van der Waals surface area contributed by atoms with E-state index in [-0.39, 0.29) is 47.2 Å². The Bertz CT molecular complexity index is 1590. The van der Waals surface area contributed by atoms with E-state index in [1.807, 2.05) is 26.8 Å². The minimum absolute atomic E-state index is 0.0270. The third kappa shape index (κ3) is 5.56. The van der Waals surface area contributed by atoms with Crippen LogP contribution < -0.4 is 15.3 Å². The number of anilines is 2. The molecule has 0 spiro atoms. The largest absolute Gasteiger partial charge is 0.505 e. The second kappa shape index (κ2) is 9.96. The summed E-state index contributed by atoms with van der Waals surface area (Å²) in [4.78, 5) is 0. The highest BCUT2D eigenvalue weighted by atomic mass is 35.5. The second-order valence-electron chi connectivity index (χ2n) is 9.98. The van der Waals surface area contributed by atoms with E-state index in [2.05, 4.69) is 14.8 Å². The molecule has 3 aromatic rings. The van der Waals surface area contributed by atoms with Gasteiger partial charge in [0.1, 0.15) is 5.56 Å². The number of aromatic hydroxyl groups is 2.